The van der Waals surface area contributed by atoms with E-state index in [0.29, 0.717) is 6.04 Å². The van der Waals surface area contributed by atoms with E-state index in [2.05, 4.69) is 37.4 Å². The number of rotatable bonds is 1. The molecule has 0 spiro atoms. The van der Waals surface area contributed by atoms with Crippen molar-refractivity contribution in [3.8, 4) is 0 Å². The summed E-state index contributed by atoms with van der Waals surface area (Å²) < 4.78 is 1.94. The molecule has 15 heavy (non-hydrogen) atoms. The monoisotopic (exact) mass is 207 g/mol. The molecule has 0 saturated carbocycles. The predicted octanol–water partition coefficient (Wildman–Crippen LogP) is 2.14. The summed E-state index contributed by atoms with van der Waals surface area (Å²) in [4.78, 5) is 0. The topological polar surface area (TPSA) is 29.9 Å². The molecule has 1 aromatic heterocycles. The maximum absolute atomic E-state index is 4.61. The molecular formula is C12H21N3. The molecule has 1 aromatic rings. The summed E-state index contributed by atoms with van der Waals surface area (Å²) in [7, 11) is 2.01. The zero-order valence-corrected chi connectivity index (χ0v) is 10.2. The van der Waals surface area contributed by atoms with Gasteiger partial charge in [0.05, 0.1) is 11.7 Å². The van der Waals surface area contributed by atoms with Gasteiger partial charge in [0.2, 0.25) is 0 Å². The lowest BCUT2D eigenvalue weighted by Crippen LogP contribution is -2.19. The van der Waals surface area contributed by atoms with Crippen LogP contribution >= 0.6 is 0 Å². The Balaban J connectivity index is 2.37. The Bertz CT molecular complexity index is 340. The summed E-state index contributed by atoms with van der Waals surface area (Å²) in [5, 5.41) is 8.14. The SMILES string of the molecule is Cn1cc(C(C)(C)C)c(C2CCCN2)n1. The minimum absolute atomic E-state index is 0.188. The number of hydrogen-bond donors (Lipinski definition) is 1. The summed E-state index contributed by atoms with van der Waals surface area (Å²) in [6.07, 6.45) is 4.65. The van der Waals surface area contributed by atoms with Gasteiger partial charge < -0.3 is 5.32 Å². The molecule has 2 heterocycles. The van der Waals surface area contributed by atoms with Crippen molar-refractivity contribution < 1.29 is 0 Å². The second-order valence-electron chi connectivity index (χ2n) is 5.50. The van der Waals surface area contributed by atoms with Gasteiger partial charge in [-0.05, 0) is 24.8 Å². The van der Waals surface area contributed by atoms with Crippen molar-refractivity contribution in [3.05, 3.63) is 17.5 Å². The fraction of sp³-hybridized carbons (Fsp3) is 0.750. The summed E-state index contributed by atoms with van der Waals surface area (Å²) in [6.45, 7) is 7.89. The minimum atomic E-state index is 0.188. The van der Waals surface area contributed by atoms with Crippen LogP contribution in [0.2, 0.25) is 0 Å². The molecule has 3 nitrogen and oxygen atoms in total. The van der Waals surface area contributed by atoms with E-state index in [0.717, 1.165) is 6.54 Å². The van der Waals surface area contributed by atoms with Crippen LogP contribution in [0.1, 0.15) is 50.9 Å². The van der Waals surface area contributed by atoms with E-state index in [1.807, 2.05) is 11.7 Å². The average Bonchev–Trinajstić information content (AvgIpc) is 2.68. The molecule has 1 fully saturated rings. The molecule has 1 aliphatic rings. The third-order valence-corrected chi connectivity index (χ3v) is 3.06. The highest BCUT2D eigenvalue weighted by atomic mass is 15.3. The first-order chi connectivity index (χ1) is 6.98. The zero-order valence-electron chi connectivity index (χ0n) is 10.2. The molecule has 1 saturated heterocycles. The Morgan fingerprint density at radius 1 is 1.47 bits per heavy atom. The van der Waals surface area contributed by atoms with Crippen LogP contribution in [0.15, 0.2) is 6.20 Å². The maximum Gasteiger partial charge on any atom is 0.0831 e. The number of hydrogen-bond acceptors (Lipinski definition) is 2. The van der Waals surface area contributed by atoms with E-state index in [4.69, 9.17) is 0 Å². The molecule has 0 bridgehead atoms. The standard InChI is InChI=1S/C12H21N3/c1-12(2,3)9-8-15(4)14-11(9)10-6-5-7-13-10/h8,10,13H,5-7H2,1-4H3. The van der Waals surface area contributed by atoms with Gasteiger partial charge in [-0.2, -0.15) is 5.10 Å². The number of nitrogens with one attached hydrogen (secondary N) is 1. The Hall–Kier alpha value is -0.830. The molecule has 0 radical (unpaired) electrons. The molecule has 1 N–H and O–H groups in total. The Morgan fingerprint density at radius 2 is 2.20 bits per heavy atom. The quantitative estimate of drug-likeness (QED) is 0.764. The number of aromatic nitrogens is 2. The van der Waals surface area contributed by atoms with Crippen molar-refractivity contribution in [2.24, 2.45) is 7.05 Å². The molecule has 1 atom stereocenters. The summed E-state index contributed by atoms with van der Waals surface area (Å²) in [5.41, 5.74) is 2.82. The lowest BCUT2D eigenvalue weighted by Gasteiger charge is -2.20. The van der Waals surface area contributed by atoms with Crippen molar-refractivity contribution in [1.82, 2.24) is 15.1 Å². The van der Waals surface area contributed by atoms with Crippen molar-refractivity contribution >= 4 is 0 Å². The van der Waals surface area contributed by atoms with Crippen LogP contribution in [0.3, 0.4) is 0 Å². The third kappa shape index (κ3) is 2.07. The Labute approximate surface area is 91.9 Å². The molecule has 0 aromatic carbocycles. The van der Waals surface area contributed by atoms with E-state index < -0.39 is 0 Å². The first-order valence-electron chi connectivity index (χ1n) is 5.76. The highest BCUT2D eigenvalue weighted by Crippen LogP contribution is 2.32. The molecule has 1 aliphatic heterocycles. The van der Waals surface area contributed by atoms with Gasteiger partial charge in [0.15, 0.2) is 0 Å². The van der Waals surface area contributed by atoms with Gasteiger partial charge in [-0.3, -0.25) is 4.68 Å². The summed E-state index contributed by atoms with van der Waals surface area (Å²) in [6, 6.07) is 0.473. The Kier molecular flexibility index (Phi) is 2.59. The zero-order chi connectivity index (χ0) is 11.1. The number of nitrogens with zero attached hydrogens (tertiary/aromatic N) is 2. The normalized spacial score (nSPS) is 22.3. The second-order valence-corrected chi connectivity index (χ2v) is 5.50. The fourth-order valence-electron chi connectivity index (χ4n) is 2.26. The Morgan fingerprint density at radius 3 is 2.73 bits per heavy atom. The first-order valence-corrected chi connectivity index (χ1v) is 5.76. The minimum Gasteiger partial charge on any atom is -0.309 e. The van der Waals surface area contributed by atoms with E-state index in [-0.39, 0.29) is 5.41 Å². The van der Waals surface area contributed by atoms with Gasteiger partial charge in [-0.25, -0.2) is 0 Å². The predicted molar refractivity (Wildman–Crippen MR) is 61.9 cm³/mol. The molecule has 0 amide bonds. The molecule has 2 rings (SSSR count). The van der Waals surface area contributed by atoms with Crippen LogP contribution in [0.4, 0.5) is 0 Å². The van der Waals surface area contributed by atoms with Crippen LogP contribution in [-0.4, -0.2) is 16.3 Å². The lowest BCUT2D eigenvalue weighted by molar-refractivity contribution is 0.551. The van der Waals surface area contributed by atoms with Crippen molar-refractivity contribution in [1.29, 1.82) is 0 Å². The smallest absolute Gasteiger partial charge is 0.0831 e. The van der Waals surface area contributed by atoms with Crippen LogP contribution in [0, 0.1) is 0 Å². The van der Waals surface area contributed by atoms with Crippen molar-refractivity contribution in [3.63, 3.8) is 0 Å². The summed E-state index contributed by atoms with van der Waals surface area (Å²) in [5.74, 6) is 0. The molecule has 84 valence electrons. The van der Waals surface area contributed by atoms with E-state index in [1.165, 1.54) is 24.1 Å². The number of aryl methyl sites for hydroxylation is 1. The lowest BCUT2D eigenvalue weighted by atomic mass is 9.85. The molecule has 0 aliphatic carbocycles. The highest BCUT2D eigenvalue weighted by Gasteiger charge is 2.27. The van der Waals surface area contributed by atoms with Crippen LogP contribution in [-0.2, 0) is 12.5 Å². The van der Waals surface area contributed by atoms with Crippen LogP contribution in [0.25, 0.3) is 0 Å². The van der Waals surface area contributed by atoms with Gasteiger partial charge in [0, 0.05) is 18.8 Å². The van der Waals surface area contributed by atoms with E-state index >= 15 is 0 Å². The largest absolute Gasteiger partial charge is 0.309 e. The molecular weight excluding hydrogens is 186 g/mol. The van der Waals surface area contributed by atoms with Crippen molar-refractivity contribution in [2.45, 2.75) is 45.1 Å². The second kappa shape index (κ2) is 3.63. The van der Waals surface area contributed by atoms with Crippen molar-refractivity contribution in [2.75, 3.05) is 6.54 Å². The first kappa shape index (κ1) is 10.7. The fourth-order valence-corrected chi connectivity index (χ4v) is 2.26. The molecule has 1 unspecified atom stereocenters. The average molecular weight is 207 g/mol. The maximum atomic E-state index is 4.61. The highest BCUT2D eigenvalue weighted by molar-refractivity contribution is 5.28. The summed E-state index contributed by atoms with van der Waals surface area (Å²) >= 11 is 0. The van der Waals surface area contributed by atoms with Gasteiger partial charge >= 0.3 is 0 Å². The van der Waals surface area contributed by atoms with Gasteiger partial charge in [0.25, 0.3) is 0 Å². The van der Waals surface area contributed by atoms with E-state index in [9.17, 15) is 0 Å². The van der Waals surface area contributed by atoms with Crippen LogP contribution in [0.5, 0.6) is 0 Å². The van der Waals surface area contributed by atoms with Crippen LogP contribution < -0.4 is 5.32 Å². The van der Waals surface area contributed by atoms with Gasteiger partial charge in [-0.1, -0.05) is 20.8 Å². The molecule has 3 heteroatoms. The third-order valence-electron chi connectivity index (χ3n) is 3.06. The van der Waals surface area contributed by atoms with Gasteiger partial charge in [0.1, 0.15) is 0 Å². The van der Waals surface area contributed by atoms with E-state index in [1.54, 1.807) is 0 Å². The van der Waals surface area contributed by atoms with Gasteiger partial charge in [-0.15, -0.1) is 0 Å².